The molecule has 2 aliphatic carbocycles. The second-order valence-corrected chi connectivity index (χ2v) is 5.33. The maximum atomic E-state index is 5.73. The Morgan fingerprint density at radius 1 is 1.50 bits per heavy atom. The van der Waals surface area contributed by atoms with E-state index in [0.717, 1.165) is 6.54 Å². The Balaban J connectivity index is 2.08. The van der Waals surface area contributed by atoms with Crippen LogP contribution in [0.1, 0.15) is 39.5 Å². The van der Waals surface area contributed by atoms with Gasteiger partial charge in [0.05, 0.1) is 6.10 Å². The van der Waals surface area contributed by atoms with E-state index < -0.39 is 0 Å². The first-order valence-electron chi connectivity index (χ1n) is 6.71. The van der Waals surface area contributed by atoms with Crippen LogP contribution >= 0.6 is 0 Å². The number of hydrogen-bond donors (Lipinski definition) is 1. The molecule has 0 heterocycles. The van der Waals surface area contributed by atoms with Gasteiger partial charge in [-0.2, -0.15) is 0 Å². The highest BCUT2D eigenvalue weighted by molar-refractivity contribution is 5.17. The lowest BCUT2D eigenvalue weighted by molar-refractivity contribution is -0.000909. The van der Waals surface area contributed by atoms with Crippen LogP contribution in [0.15, 0.2) is 11.6 Å². The molecular weight excluding hydrogens is 198 g/mol. The van der Waals surface area contributed by atoms with Gasteiger partial charge in [-0.25, -0.2) is 0 Å². The zero-order valence-electron chi connectivity index (χ0n) is 10.8. The Hall–Kier alpha value is -0.340. The summed E-state index contributed by atoms with van der Waals surface area (Å²) in [4.78, 5) is 0. The second kappa shape index (κ2) is 5.33. The smallest absolute Gasteiger partial charge is 0.0662 e. The molecule has 1 fully saturated rings. The molecule has 0 saturated heterocycles. The van der Waals surface area contributed by atoms with Gasteiger partial charge in [-0.15, -0.1) is 0 Å². The Labute approximate surface area is 99.4 Å². The molecule has 2 nitrogen and oxygen atoms in total. The molecule has 1 saturated carbocycles. The molecule has 0 spiro atoms. The number of nitrogens with one attached hydrogen (secondary N) is 1. The van der Waals surface area contributed by atoms with Crippen molar-refractivity contribution in [1.82, 2.24) is 5.32 Å². The first kappa shape index (κ1) is 12.1. The summed E-state index contributed by atoms with van der Waals surface area (Å²) in [5.41, 5.74) is 1.67. The van der Waals surface area contributed by atoms with E-state index in [1.807, 2.05) is 7.11 Å². The van der Waals surface area contributed by atoms with Gasteiger partial charge in [-0.05, 0) is 38.1 Å². The van der Waals surface area contributed by atoms with Gasteiger partial charge in [0.2, 0.25) is 0 Å². The lowest BCUT2D eigenvalue weighted by atomic mass is 9.70. The van der Waals surface area contributed by atoms with E-state index in [1.165, 1.54) is 25.7 Å². The molecular formula is C14H25NO. The van der Waals surface area contributed by atoms with Gasteiger partial charge in [0.25, 0.3) is 0 Å². The summed E-state index contributed by atoms with van der Waals surface area (Å²) >= 11 is 0. The first-order chi connectivity index (χ1) is 7.76. The Morgan fingerprint density at radius 2 is 2.31 bits per heavy atom. The fourth-order valence-corrected chi connectivity index (χ4v) is 3.44. The number of ether oxygens (including phenoxy) is 1. The lowest BCUT2D eigenvalue weighted by Gasteiger charge is -2.41. The first-order valence-corrected chi connectivity index (χ1v) is 6.71. The van der Waals surface area contributed by atoms with Crippen LogP contribution < -0.4 is 5.32 Å². The van der Waals surface area contributed by atoms with E-state index in [1.54, 1.807) is 5.57 Å². The number of hydrogen-bond acceptors (Lipinski definition) is 2. The molecule has 0 aromatic rings. The summed E-state index contributed by atoms with van der Waals surface area (Å²) in [5, 5.41) is 3.58. The number of fused-ring (bicyclic) bond motifs is 1. The van der Waals surface area contributed by atoms with Crippen LogP contribution in [0.2, 0.25) is 0 Å². The molecule has 2 heteroatoms. The van der Waals surface area contributed by atoms with Crippen molar-refractivity contribution in [2.45, 2.75) is 51.7 Å². The quantitative estimate of drug-likeness (QED) is 0.743. The van der Waals surface area contributed by atoms with E-state index in [-0.39, 0.29) is 0 Å². The largest absolute Gasteiger partial charge is 0.381 e. The average molecular weight is 223 g/mol. The second-order valence-electron chi connectivity index (χ2n) is 5.33. The van der Waals surface area contributed by atoms with Crippen LogP contribution in [-0.2, 0) is 4.74 Å². The minimum atomic E-state index is 0.446. The molecule has 4 atom stereocenters. The molecule has 0 radical (unpaired) electrons. The molecule has 4 unspecified atom stereocenters. The molecule has 16 heavy (non-hydrogen) atoms. The highest BCUT2D eigenvalue weighted by Crippen LogP contribution is 2.40. The van der Waals surface area contributed by atoms with Gasteiger partial charge < -0.3 is 10.1 Å². The van der Waals surface area contributed by atoms with E-state index in [9.17, 15) is 0 Å². The minimum Gasteiger partial charge on any atom is -0.381 e. The van der Waals surface area contributed by atoms with Gasteiger partial charge in [0.15, 0.2) is 0 Å². The summed E-state index contributed by atoms with van der Waals surface area (Å²) in [6.07, 6.45) is 7.99. The van der Waals surface area contributed by atoms with Gasteiger partial charge in [0.1, 0.15) is 0 Å². The zero-order chi connectivity index (χ0) is 11.5. The molecule has 0 bridgehead atoms. The van der Waals surface area contributed by atoms with E-state index >= 15 is 0 Å². The molecule has 2 aliphatic rings. The van der Waals surface area contributed by atoms with Gasteiger partial charge >= 0.3 is 0 Å². The van der Waals surface area contributed by atoms with Crippen molar-refractivity contribution in [2.24, 2.45) is 11.8 Å². The van der Waals surface area contributed by atoms with E-state index in [2.05, 4.69) is 25.2 Å². The van der Waals surface area contributed by atoms with Crippen LogP contribution in [0.4, 0.5) is 0 Å². The van der Waals surface area contributed by atoms with Gasteiger partial charge in [-0.1, -0.05) is 25.5 Å². The molecule has 0 aliphatic heterocycles. The topological polar surface area (TPSA) is 21.3 Å². The molecule has 92 valence electrons. The number of methoxy groups -OCH3 is 1. The Kier molecular flexibility index (Phi) is 4.04. The van der Waals surface area contributed by atoms with Crippen LogP contribution in [0.25, 0.3) is 0 Å². The SMILES string of the molecule is CCNC1CC=C2CCC(C)C(OC)C2C1. The summed E-state index contributed by atoms with van der Waals surface area (Å²) in [7, 11) is 1.88. The molecule has 2 rings (SSSR count). The predicted octanol–water partition coefficient (Wildman–Crippen LogP) is 2.75. The van der Waals surface area contributed by atoms with Crippen molar-refractivity contribution in [3.63, 3.8) is 0 Å². The summed E-state index contributed by atoms with van der Waals surface area (Å²) < 4.78 is 5.73. The normalized spacial score (nSPS) is 39.1. The van der Waals surface area contributed by atoms with Crippen LogP contribution in [0, 0.1) is 11.8 Å². The Morgan fingerprint density at radius 3 is 3.00 bits per heavy atom. The predicted molar refractivity (Wildman–Crippen MR) is 67.5 cm³/mol. The van der Waals surface area contributed by atoms with Crippen molar-refractivity contribution in [3.05, 3.63) is 11.6 Å². The summed E-state index contributed by atoms with van der Waals surface area (Å²) in [6.45, 7) is 5.60. The van der Waals surface area contributed by atoms with Crippen molar-refractivity contribution < 1.29 is 4.74 Å². The molecule has 1 N–H and O–H groups in total. The molecule has 0 amide bonds. The third-order valence-corrected chi connectivity index (χ3v) is 4.29. The Bertz CT molecular complexity index is 261. The average Bonchev–Trinajstić information content (AvgIpc) is 2.29. The van der Waals surface area contributed by atoms with Crippen LogP contribution in [0.3, 0.4) is 0 Å². The van der Waals surface area contributed by atoms with Gasteiger partial charge in [-0.3, -0.25) is 0 Å². The van der Waals surface area contributed by atoms with E-state index in [4.69, 9.17) is 4.74 Å². The minimum absolute atomic E-state index is 0.446. The fraction of sp³-hybridized carbons (Fsp3) is 0.857. The molecule has 0 aromatic heterocycles. The lowest BCUT2D eigenvalue weighted by Crippen LogP contribution is -2.42. The summed E-state index contributed by atoms with van der Waals surface area (Å²) in [5.74, 6) is 1.39. The molecule has 0 aromatic carbocycles. The number of rotatable bonds is 3. The third kappa shape index (κ3) is 2.33. The fourth-order valence-electron chi connectivity index (χ4n) is 3.44. The van der Waals surface area contributed by atoms with Crippen molar-refractivity contribution >= 4 is 0 Å². The summed E-state index contributed by atoms with van der Waals surface area (Å²) in [6, 6.07) is 0.668. The van der Waals surface area contributed by atoms with Crippen LogP contribution in [-0.4, -0.2) is 25.8 Å². The highest BCUT2D eigenvalue weighted by atomic mass is 16.5. The van der Waals surface area contributed by atoms with Gasteiger partial charge in [0, 0.05) is 19.1 Å². The van der Waals surface area contributed by atoms with Crippen LogP contribution in [0.5, 0.6) is 0 Å². The van der Waals surface area contributed by atoms with Crippen molar-refractivity contribution in [3.8, 4) is 0 Å². The van der Waals surface area contributed by atoms with Crippen molar-refractivity contribution in [2.75, 3.05) is 13.7 Å². The standard InChI is InChI=1S/C14H25NO/c1-4-15-12-8-7-11-6-5-10(2)14(16-3)13(11)9-12/h7,10,12-15H,4-6,8-9H2,1-3H3. The third-order valence-electron chi connectivity index (χ3n) is 4.29. The zero-order valence-corrected chi connectivity index (χ0v) is 10.8. The maximum Gasteiger partial charge on any atom is 0.0662 e. The highest BCUT2D eigenvalue weighted by Gasteiger charge is 2.36. The monoisotopic (exact) mass is 223 g/mol. The van der Waals surface area contributed by atoms with Crippen molar-refractivity contribution in [1.29, 1.82) is 0 Å². The maximum absolute atomic E-state index is 5.73. The van der Waals surface area contributed by atoms with E-state index in [0.29, 0.717) is 24.0 Å².